The lowest BCUT2D eigenvalue weighted by Crippen LogP contribution is -2.51. The van der Waals surface area contributed by atoms with Gasteiger partial charge in [0, 0.05) is 67.9 Å². The fourth-order valence-corrected chi connectivity index (χ4v) is 6.31. The number of halogens is 1. The maximum absolute atomic E-state index is 13.9. The first-order valence-corrected chi connectivity index (χ1v) is 14.5. The molecule has 3 fully saturated rings. The molecule has 2 saturated heterocycles. The zero-order valence-electron chi connectivity index (χ0n) is 22.9. The van der Waals surface area contributed by atoms with E-state index in [2.05, 4.69) is 43.9 Å². The van der Waals surface area contributed by atoms with Crippen LogP contribution in [0.1, 0.15) is 61.8 Å². The van der Waals surface area contributed by atoms with E-state index in [9.17, 15) is 9.59 Å². The Bertz CT molecular complexity index is 1150. The minimum absolute atomic E-state index is 0.00503. The summed E-state index contributed by atoms with van der Waals surface area (Å²) in [5, 5.41) is 0.681. The number of piperazine rings is 1. The Kier molecular flexibility index (Phi) is 8.01. The zero-order chi connectivity index (χ0) is 27.0. The largest absolute Gasteiger partial charge is 0.368 e. The molecule has 5 rings (SSSR count). The molecule has 3 atom stereocenters. The van der Waals surface area contributed by atoms with E-state index in [0.29, 0.717) is 37.1 Å². The molecule has 0 bridgehead atoms. The monoisotopic (exact) mass is 536 g/mol. The van der Waals surface area contributed by atoms with Gasteiger partial charge in [-0.25, -0.2) is 0 Å². The number of nitrogens with two attached hydrogens (primary N) is 1. The van der Waals surface area contributed by atoms with Gasteiger partial charge < -0.3 is 20.4 Å². The molecule has 7 heteroatoms. The van der Waals surface area contributed by atoms with Crippen LogP contribution in [0.25, 0.3) is 0 Å². The molecule has 1 aliphatic carbocycles. The molecule has 2 aromatic carbocycles. The van der Waals surface area contributed by atoms with Crippen molar-refractivity contribution in [2.24, 2.45) is 23.5 Å². The number of carbonyl (C=O) groups is 2. The second-order valence-electron chi connectivity index (χ2n) is 11.8. The lowest BCUT2D eigenvalue weighted by Gasteiger charge is -2.39. The van der Waals surface area contributed by atoms with Gasteiger partial charge in [0.15, 0.2) is 0 Å². The van der Waals surface area contributed by atoms with E-state index in [-0.39, 0.29) is 35.6 Å². The van der Waals surface area contributed by atoms with Crippen molar-refractivity contribution in [1.29, 1.82) is 0 Å². The van der Waals surface area contributed by atoms with E-state index in [4.69, 9.17) is 17.3 Å². The molecule has 0 radical (unpaired) electrons. The Morgan fingerprint density at radius 2 is 1.61 bits per heavy atom. The van der Waals surface area contributed by atoms with E-state index in [1.165, 1.54) is 16.8 Å². The van der Waals surface area contributed by atoms with Crippen LogP contribution in [0.3, 0.4) is 0 Å². The Morgan fingerprint density at radius 1 is 0.921 bits per heavy atom. The molecule has 2 aromatic rings. The molecule has 2 heterocycles. The van der Waals surface area contributed by atoms with Gasteiger partial charge in [-0.15, -0.1) is 0 Å². The first-order valence-electron chi connectivity index (χ1n) is 14.2. The highest BCUT2D eigenvalue weighted by atomic mass is 35.5. The van der Waals surface area contributed by atoms with Gasteiger partial charge in [0.1, 0.15) is 0 Å². The highest BCUT2D eigenvalue weighted by molar-refractivity contribution is 6.30. The molecule has 0 unspecified atom stereocenters. The van der Waals surface area contributed by atoms with Gasteiger partial charge in [-0.1, -0.05) is 61.7 Å². The summed E-state index contributed by atoms with van der Waals surface area (Å²) in [6.07, 6.45) is 3.08. The fraction of sp³-hybridized carbons (Fsp3) is 0.548. The van der Waals surface area contributed by atoms with Crippen molar-refractivity contribution in [1.82, 2.24) is 9.80 Å². The highest BCUT2D eigenvalue weighted by Gasteiger charge is 2.44. The number of hydrogen-bond donors (Lipinski definition) is 1. The van der Waals surface area contributed by atoms with E-state index in [0.717, 1.165) is 37.9 Å². The predicted octanol–water partition coefficient (Wildman–Crippen LogP) is 5.00. The molecule has 2 N–H and O–H groups in total. The van der Waals surface area contributed by atoms with Crippen LogP contribution in [-0.4, -0.2) is 60.9 Å². The molecule has 2 amide bonds. The summed E-state index contributed by atoms with van der Waals surface area (Å²) in [6.45, 7) is 10.4. The second kappa shape index (κ2) is 11.3. The summed E-state index contributed by atoms with van der Waals surface area (Å²) >= 11 is 6.15. The summed E-state index contributed by atoms with van der Waals surface area (Å²) in [6, 6.07) is 14.3. The third-order valence-corrected chi connectivity index (χ3v) is 9.15. The van der Waals surface area contributed by atoms with Gasteiger partial charge in [0.05, 0.1) is 5.92 Å². The van der Waals surface area contributed by atoms with E-state index >= 15 is 0 Å². The average Bonchev–Trinajstić information content (AvgIpc) is 3.33. The number of carbonyl (C=O) groups excluding carboxylic acids is 2. The minimum Gasteiger partial charge on any atom is -0.368 e. The van der Waals surface area contributed by atoms with Crippen molar-refractivity contribution in [3.05, 3.63) is 64.2 Å². The quantitative estimate of drug-likeness (QED) is 0.564. The van der Waals surface area contributed by atoms with Gasteiger partial charge in [0.2, 0.25) is 11.8 Å². The van der Waals surface area contributed by atoms with Crippen LogP contribution < -0.4 is 10.6 Å². The lowest BCUT2D eigenvalue weighted by atomic mass is 9.84. The topological polar surface area (TPSA) is 69.9 Å². The molecule has 3 aliphatic rings. The summed E-state index contributed by atoms with van der Waals surface area (Å²) in [5.74, 6) is 0.640. The number of benzene rings is 2. The summed E-state index contributed by atoms with van der Waals surface area (Å²) < 4.78 is 0. The summed E-state index contributed by atoms with van der Waals surface area (Å²) in [5.41, 5.74) is 11.3. The Hall–Kier alpha value is -2.57. The number of nitrogens with zero attached hydrogens (tertiary/aromatic N) is 3. The van der Waals surface area contributed by atoms with Crippen molar-refractivity contribution in [2.75, 3.05) is 44.2 Å². The third kappa shape index (κ3) is 5.43. The fourth-order valence-electron chi connectivity index (χ4n) is 6.19. The number of amides is 2. The molecular formula is C31H41ClN4O2. The van der Waals surface area contributed by atoms with E-state index in [1.54, 1.807) is 0 Å². The summed E-state index contributed by atoms with van der Waals surface area (Å²) in [4.78, 5) is 33.4. The highest BCUT2D eigenvalue weighted by Crippen LogP contribution is 2.38. The van der Waals surface area contributed by atoms with Gasteiger partial charge >= 0.3 is 0 Å². The number of likely N-dealkylation sites (tertiary alicyclic amines) is 1. The number of aryl methyl sites for hydroxylation is 1. The molecule has 2 aliphatic heterocycles. The number of anilines is 1. The van der Waals surface area contributed by atoms with Crippen molar-refractivity contribution in [3.8, 4) is 0 Å². The smallest absolute Gasteiger partial charge is 0.228 e. The standard InChI is InChI=1S/C31H41ClN4O2/c1-20(2)29(33)25-17-21(3)7-12-28(25)34-13-15-35(16-14-34)31(38)27-19-36(30(37)23-5-4-6-23)18-26(27)22-8-10-24(32)11-9-22/h7-12,17,20,23,26-27,29H,4-6,13-16,18-19,33H2,1-3H3/t26-,27+,29-/m0/s1. The Balaban J connectivity index is 1.30. The molecule has 204 valence electrons. The van der Waals surface area contributed by atoms with Gasteiger partial charge in [-0.3, -0.25) is 9.59 Å². The normalized spacial score (nSPS) is 23.1. The average molecular weight is 537 g/mol. The van der Waals surface area contributed by atoms with Crippen LogP contribution in [0.5, 0.6) is 0 Å². The van der Waals surface area contributed by atoms with Crippen molar-refractivity contribution >= 4 is 29.1 Å². The molecule has 0 spiro atoms. The first-order chi connectivity index (χ1) is 18.2. The van der Waals surface area contributed by atoms with Crippen molar-refractivity contribution in [2.45, 2.75) is 52.0 Å². The van der Waals surface area contributed by atoms with Crippen molar-refractivity contribution < 1.29 is 9.59 Å². The molecule has 6 nitrogen and oxygen atoms in total. The van der Waals surface area contributed by atoms with Crippen molar-refractivity contribution in [3.63, 3.8) is 0 Å². The maximum atomic E-state index is 13.9. The SMILES string of the molecule is Cc1ccc(N2CCN(C(=O)[C@@H]3CN(C(=O)C4CCC4)C[C@H]3c3ccc(Cl)cc3)CC2)c([C@@H](N)C(C)C)c1. The zero-order valence-corrected chi connectivity index (χ0v) is 23.7. The summed E-state index contributed by atoms with van der Waals surface area (Å²) in [7, 11) is 0. The van der Waals surface area contributed by atoms with Crippen LogP contribution in [0.2, 0.25) is 5.02 Å². The van der Waals surface area contributed by atoms with Gasteiger partial charge in [-0.2, -0.15) is 0 Å². The van der Waals surface area contributed by atoms with E-state index < -0.39 is 0 Å². The molecule has 0 aromatic heterocycles. The van der Waals surface area contributed by atoms with Gasteiger partial charge in [0.25, 0.3) is 0 Å². The van der Waals surface area contributed by atoms with Crippen LogP contribution in [-0.2, 0) is 9.59 Å². The maximum Gasteiger partial charge on any atom is 0.228 e. The lowest BCUT2D eigenvalue weighted by molar-refractivity contribution is -0.138. The van der Waals surface area contributed by atoms with Crippen LogP contribution in [0.15, 0.2) is 42.5 Å². The second-order valence-corrected chi connectivity index (χ2v) is 12.2. The number of hydrogen-bond acceptors (Lipinski definition) is 4. The molecular weight excluding hydrogens is 496 g/mol. The Morgan fingerprint density at radius 3 is 2.21 bits per heavy atom. The van der Waals surface area contributed by atoms with Gasteiger partial charge in [-0.05, 0) is 55.0 Å². The number of rotatable bonds is 6. The molecule has 38 heavy (non-hydrogen) atoms. The first kappa shape index (κ1) is 27.0. The third-order valence-electron chi connectivity index (χ3n) is 8.89. The molecule has 1 saturated carbocycles. The van der Waals surface area contributed by atoms with E-state index in [1.807, 2.05) is 34.1 Å². The predicted molar refractivity (Wildman–Crippen MR) is 153 cm³/mol. The van der Waals surface area contributed by atoms with Crippen LogP contribution >= 0.6 is 11.6 Å². The van der Waals surface area contributed by atoms with Crippen LogP contribution in [0, 0.1) is 24.7 Å². The minimum atomic E-state index is -0.226. The van der Waals surface area contributed by atoms with Crippen LogP contribution in [0.4, 0.5) is 5.69 Å². The Labute approximate surface area is 232 Å².